The molecule has 2 heteroatoms. The van der Waals surface area contributed by atoms with Gasteiger partial charge in [0.05, 0.1) is 0 Å². The molecule has 17 heavy (non-hydrogen) atoms. The Bertz CT molecular complexity index is 371. The molecule has 0 aromatic heterocycles. The molecule has 1 aliphatic rings. The summed E-state index contributed by atoms with van der Waals surface area (Å²) in [5, 5.41) is 3.38. The lowest BCUT2D eigenvalue weighted by atomic mass is 9.88. The fraction of sp³-hybridized carbons (Fsp3) is 0.600. The van der Waals surface area contributed by atoms with Gasteiger partial charge in [-0.3, -0.25) is 0 Å². The Morgan fingerprint density at radius 1 is 1.24 bits per heavy atom. The highest BCUT2D eigenvalue weighted by molar-refractivity contribution is 5.35. The highest BCUT2D eigenvalue weighted by Gasteiger charge is 2.15. The summed E-state index contributed by atoms with van der Waals surface area (Å²) in [6, 6.07) is 7.60. The van der Waals surface area contributed by atoms with Crippen LogP contribution in [0.2, 0.25) is 0 Å². The number of aryl methyl sites for hydroxylation is 2. The number of hydrogen-bond acceptors (Lipinski definition) is 2. The van der Waals surface area contributed by atoms with Crippen LogP contribution in [0.25, 0.3) is 0 Å². The second-order valence-electron chi connectivity index (χ2n) is 5.29. The maximum Gasteiger partial charge on any atom is 0.0332 e. The van der Waals surface area contributed by atoms with Crippen LogP contribution in [0, 0.1) is 0 Å². The highest BCUT2D eigenvalue weighted by Crippen LogP contribution is 2.26. The van der Waals surface area contributed by atoms with Crippen molar-refractivity contribution >= 4 is 0 Å². The van der Waals surface area contributed by atoms with Crippen LogP contribution in [0.4, 0.5) is 0 Å². The molecular formula is C15H24N2. The van der Waals surface area contributed by atoms with Crippen molar-refractivity contribution in [3.63, 3.8) is 0 Å². The Kier molecular flexibility index (Phi) is 4.19. The Morgan fingerprint density at radius 3 is 2.59 bits per heavy atom. The zero-order valence-corrected chi connectivity index (χ0v) is 11.0. The van der Waals surface area contributed by atoms with E-state index in [0.717, 1.165) is 6.42 Å². The third-order valence-corrected chi connectivity index (χ3v) is 3.73. The zero-order valence-electron chi connectivity index (χ0n) is 11.0. The first-order chi connectivity index (χ1) is 8.20. The van der Waals surface area contributed by atoms with Crippen LogP contribution in [0.15, 0.2) is 18.2 Å². The molecule has 1 aromatic rings. The summed E-state index contributed by atoms with van der Waals surface area (Å²) in [7, 11) is 2.02. The van der Waals surface area contributed by atoms with Crippen molar-refractivity contribution in [3.8, 4) is 0 Å². The van der Waals surface area contributed by atoms with E-state index in [1.807, 2.05) is 7.05 Å². The number of hydrogen-bond donors (Lipinski definition) is 2. The highest BCUT2D eigenvalue weighted by atomic mass is 14.9. The SMILES string of the molecule is CNC(CC(C)N)c1ccc2c(c1)CCCC2. The number of fused-ring (bicyclic) bond motifs is 1. The molecule has 0 radical (unpaired) electrons. The lowest BCUT2D eigenvalue weighted by Gasteiger charge is -2.22. The first kappa shape index (κ1) is 12.6. The first-order valence-corrected chi connectivity index (χ1v) is 6.75. The minimum absolute atomic E-state index is 0.239. The molecule has 2 nitrogen and oxygen atoms in total. The third-order valence-electron chi connectivity index (χ3n) is 3.73. The van der Waals surface area contributed by atoms with Crippen molar-refractivity contribution in [1.82, 2.24) is 5.32 Å². The molecule has 0 aliphatic heterocycles. The lowest BCUT2D eigenvalue weighted by Crippen LogP contribution is -2.26. The molecule has 0 bridgehead atoms. The van der Waals surface area contributed by atoms with E-state index >= 15 is 0 Å². The minimum atomic E-state index is 0.239. The second-order valence-corrected chi connectivity index (χ2v) is 5.29. The number of nitrogens with two attached hydrogens (primary N) is 1. The maximum absolute atomic E-state index is 5.90. The molecule has 2 rings (SSSR count). The maximum atomic E-state index is 5.90. The molecule has 1 aliphatic carbocycles. The Hall–Kier alpha value is -0.860. The average molecular weight is 232 g/mol. The van der Waals surface area contributed by atoms with Crippen LogP contribution >= 0.6 is 0 Å². The molecule has 2 unspecified atom stereocenters. The molecule has 0 fully saturated rings. The summed E-state index contributed by atoms with van der Waals surface area (Å²) in [5.41, 5.74) is 10.4. The van der Waals surface area contributed by atoms with E-state index in [4.69, 9.17) is 5.73 Å². The molecule has 3 N–H and O–H groups in total. The molecule has 2 atom stereocenters. The summed E-state index contributed by atoms with van der Waals surface area (Å²) in [4.78, 5) is 0. The average Bonchev–Trinajstić information content (AvgIpc) is 2.35. The zero-order chi connectivity index (χ0) is 12.3. The second kappa shape index (κ2) is 5.65. The fourth-order valence-corrected chi connectivity index (χ4v) is 2.76. The van der Waals surface area contributed by atoms with Crippen molar-refractivity contribution in [3.05, 3.63) is 34.9 Å². The van der Waals surface area contributed by atoms with Gasteiger partial charge in [-0.25, -0.2) is 0 Å². The van der Waals surface area contributed by atoms with Crippen molar-refractivity contribution in [2.75, 3.05) is 7.05 Å². The topological polar surface area (TPSA) is 38.0 Å². The van der Waals surface area contributed by atoms with E-state index in [1.54, 1.807) is 11.1 Å². The molecule has 0 heterocycles. The van der Waals surface area contributed by atoms with E-state index in [1.165, 1.54) is 31.2 Å². The van der Waals surface area contributed by atoms with Gasteiger partial charge in [0, 0.05) is 12.1 Å². The van der Waals surface area contributed by atoms with Gasteiger partial charge in [-0.1, -0.05) is 18.2 Å². The summed E-state index contributed by atoms with van der Waals surface area (Å²) in [6.45, 7) is 2.07. The summed E-state index contributed by atoms with van der Waals surface area (Å²) in [6.07, 6.45) is 6.19. The van der Waals surface area contributed by atoms with Crippen molar-refractivity contribution in [1.29, 1.82) is 0 Å². The number of nitrogens with one attached hydrogen (secondary N) is 1. The van der Waals surface area contributed by atoms with Gasteiger partial charge in [-0.15, -0.1) is 0 Å². The largest absolute Gasteiger partial charge is 0.328 e. The molecule has 0 saturated heterocycles. The summed E-state index contributed by atoms with van der Waals surface area (Å²) < 4.78 is 0. The van der Waals surface area contributed by atoms with Gasteiger partial charge in [-0.05, 0) is 62.8 Å². The van der Waals surface area contributed by atoms with Crippen molar-refractivity contribution in [2.45, 2.75) is 51.1 Å². The van der Waals surface area contributed by atoms with Crippen LogP contribution in [0.1, 0.15) is 48.9 Å². The van der Waals surface area contributed by atoms with Gasteiger partial charge in [0.1, 0.15) is 0 Å². The quantitative estimate of drug-likeness (QED) is 0.837. The Morgan fingerprint density at radius 2 is 1.94 bits per heavy atom. The molecular weight excluding hydrogens is 208 g/mol. The van der Waals surface area contributed by atoms with Gasteiger partial charge in [0.15, 0.2) is 0 Å². The van der Waals surface area contributed by atoms with Gasteiger partial charge >= 0.3 is 0 Å². The fourth-order valence-electron chi connectivity index (χ4n) is 2.76. The predicted octanol–water partition coefficient (Wildman–Crippen LogP) is 2.56. The van der Waals surface area contributed by atoms with E-state index in [0.29, 0.717) is 6.04 Å². The van der Waals surface area contributed by atoms with E-state index < -0.39 is 0 Å². The van der Waals surface area contributed by atoms with E-state index in [9.17, 15) is 0 Å². The molecule has 0 spiro atoms. The van der Waals surface area contributed by atoms with Gasteiger partial charge in [0.25, 0.3) is 0 Å². The van der Waals surface area contributed by atoms with Crippen LogP contribution < -0.4 is 11.1 Å². The Balaban J connectivity index is 2.19. The Labute approximate surface area is 105 Å². The standard InChI is InChI=1S/C15H24N2/c1-11(16)9-15(17-2)14-8-7-12-5-3-4-6-13(12)10-14/h7-8,10-11,15,17H,3-6,9,16H2,1-2H3. The molecule has 0 amide bonds. The van der Waals surface area contributed by atoms with Crippen LogP contribution in [-0.4, -0.2) is 13.1 Å². The predicted molar refractivity (Wildman–Crippen MR) is 73.2 cm³/mol. The lowest BCUT2D eigenvalue weighted by molar-refractivity contribution is 0.498. The molecule has 0 saturated carbocycles. The van der Waals surface area contributed by atoms with Crippen LogP contribution in [-0.2, 0) is 12.8 Å². The third kappa shape index (κ3) is 3.08. The minimum Gasteiger partial charge on any atom is -0.328 e. The molecule has 1 aromatic carbocycles. The van der Waals surface area contributed by atoms with Gasteiger partial charge in [0.2, 0.25) is 0 Å². The van der Waals surface area contributed by atoms with Crippen LogP contribution in [0.5, 0.6) is 0 Å². The van der Waals surface area contributed by atoms with Gasteiger partial charge < -0.3 is 11.1 Å². The first-order valence-electron chi connectivity index (χ1n) is 6.75. The summed E-state index contributed by atoms with van der Waals surface area (Å²) in [5.74, 6) is 0. The van der Waals surface area contributed by atoms with Gasteiger partial charge in [-0.2, -0.15) is 0 Å². The monoisotopic (exact) mass is 232 g/mol. The van der Waals surface area contributed by atoms with Crippen LogP contribution in [0.3, 0.4) is 0 Å². The summed E-state index contributed by atoms with van der Waals surface area (Å²) >= 11 is 0. The van der Waals surface area contributed by atoms with Crippen molar-refractivity contribution < 1.29 is 0 Å². The molecule has 94 valence electrons. The van der Waals surface area contributed by atoms with E-state index in [2.05, 4.69) is 30.4 Å². The smallest absolute Gasteiger partial charge is 0.0332 e. The van der Waals surface area contributed by atoms with E-state index in [-0.39, 0.29) is 6.04 Å². The number of benzene rings is 1. The van der Waals surface area contributed by atoms with Crippen molar-refractivity contribution in [2.24, 2.45) is 5.73 Å². The normalized spacial score (nSPS) is 18.5. The number of rotatable bonds is 4.